The van der Waals surface area contributed by atoms with Crippen molar-refractivity contribution in [3.8, 4) is 0 Å². The molecule has 1 aromatic heterocycles. The predicted octanol–water partition coefficient (Wildman–Crippen LogP) is 2.35. The summed E-state index contributed by atoms with van der Waals surface area (Å²) in [5.41, 5.74) is 0.0837. The fourth-order valence-electron chi connectivity index (χ4n) is 3.35. The largest absolute Gasteiger partial charge is 0.422 e. The lowest BCUT2D eigenvalue weighted by atomic mass is 10.1. The molecule has 0 bridgehead atoms. The molecular formula is C18H22N2O3. The minimum Gasteiger partial charge on any atom is -0.422 e. The number of hydrogen-bond acceptors (Lipinski definition) is 4. The molecule has 5 heteroatoms. The Labute approximate surface area is 135 Å². The highest BCUT2D eigenvalue weighted by Gasteiger charge is 2.31. The monoisotopic (exact) mass is 314 g/mol. The van der Waals surface area contributed by atoms with E-state index in [1.165, 1.54) is 0 Å². The molecule has 1 unspecified atom stereocenters. The van der Waals surface area contributed by atoms with E-state index >= 15 is 0 Å². The summed E-state index contributed by atoms with van der Waals surface area (Å²) >= 11 is 0. The molecule has 3 rings (SSSR count). The van der Waals surface area contributed by atoms with E-state index < -0.39 is 5.63 Å². The van der Waals surface area contributed by atoms with Crippen LogP contribution in [0.1, 0.15) is 30.6 Å². The first-order valence-corrected chi connectivity index (χ1v) is 8.20. The number of amides is 1. The van der Waals surface area contributed by atoms with Crippen LogP contribution in [0, 0.1) is 0 Å². The fourth-order valence-corrected chi connectivity index (χ4v) is 3.35. The van der Waals surface area contributed by atoms with Crippen LogP contribution in [0.4, 0.5) is 0 Å². The lowest BCUT2D eigenvalue weighted by Crippen LogP contribution is -2.39. The third kappa shape index (κ3) is 3.01. The van der Waals surface area contributed by atoms with Crippen molar-refractivity contribution < 1.29 is 9.21 Å². The molecule has 1 aliphatic heterocycles. The third-order valence-corrected chi connectivity index (χ3v) is 4.65. The van der Waals surface area contributed by atoms with Gasteiger partial charge in [-0.05, 0) is 31.6 Å². The molecule has 1 fully saturated rings. The molecule has 1 amide bonds. The van der Waals surface area contributed by atoms with Crippen LogP contribution in [0.2, 0.25) is 0 Å². The summed E-state index contributed by atoms with van der Waals surface area (Å²) in [5, 5.41) is 0.773. The molecule has 5 nitrogen and oxygen atoms in total. The molecule has 0 aliphatic carbocycles. The van der Waals surface area contributed by atoms with E-state index in [9.17, 15) is 9.59 Å². The van der Waals surface area contributed by atoms with Gasteiger partial charge < -0.3 is 9.32 Å². The zero-order valence-corrected chi connectivity index (χ0v) is 13.6. The van der Waals surface area contributed by atoms with Gasteiger partial charge in [0, 0.05) is 24.5 Å². The second kappa shape index (κ2) is 6.54. The molecular weight excluding hydrogens is 292 g/mol. The molecule has 23 heavy (non-hydrogen) atoms. The topological polar surface area (TPSA) is 53.8 Å². The van der Waals surface area contributed by atoms with Crippen molar-refractivity contribution >= 4 is 16.9 Å². The van der Waals surface area contributed by atoms with Gasteiger partial charge in [-0.3, -0.25) is 9.69 Å². The second-order valence-electron chi connectivity index (χ2n) is 5.90. The zero-order valence-electron chi connectivity index (χ0n) is 13.6. The fraction of sp³-hybridized carbons (Fsp3) is 0.444. The third-order valence-electron chi connectivity index (χ3n) is 4.65. The van der Waals surface area contributed by atoms with E-state index in [2.05, 4.69) is 18.7 Å². The minimum absolute atomic E-state index is 0.129. The number of carbonyl (C=O) groups is 1. The Balaban J connectivity index is 1.84. The van der Waals surface area contributed by atoms with Crippen molar-refractivity contribution in [3.05, 3.63) is 46.3 Å². The Morgan fingerprint density at radius 2 is 2.04 bits per heavy atom. The summed E-state index contributed by atoms with van der Waals surface area (Å²) in [4.78, 5) is 29.0. The van der Waals surface area contributed by atoms with E-state index in [1.807, 2.05) is 18.2 Å². The molecule has 122 valence electrons. The number of para-hydroxylation sites is 1. The molecule has 0 N–H and O–H groups in total. The smallest absolute Gasteiger partial charge is 0.349 e. The van der Waals surface area contributed by atoms with E-state index in [4.69, 9.17) is 4.42 Å². The molecule has 0 saturated carbocycles. The van der Waals surface area contributed by atoms with Gasteiger partial charge in [0.15, 0.2) is 0 Å². The molecule has 1 atom stereocenters. The summed E-state index contributed by atoms with van der Waals surface area (Å²) in [6.45, 7) is 7.57. The van der Waals surface area contributed by atoms with Gasteiger partial charge in [0.05, 0.1) is 0 Å². The number of benzene rings is 1. The standard InChI is InChI=1S/C18H22N2O3/c1-3-19(4-2)14-9-10-20(12-14)17(21)15-11-13-7-5-6-8-16(13)23-18(15)22/h5-8,11,14H,3-4,9-10,12H2,1-2H3. The summed E-state index contributed by atoms with van der Waals surface area (Å²) in [6.07, 6.45) is 0.951. The number of likely N-dealkylation sites (tertiary alicyclic amines) is 1. The van der Waals surface area contributed by atoms with Crippen LogP contribution in [0.5, 0.6) is 0 Å². The summed E-state index contributed by atoms with van der Waals surface area (Å²) in [6, 6.07) is 9.27. The average molecular weight is 314 g/mol. The molecule has 1 saturated heterocycles. The highest BCUT2D eigenvalue weighted by molar-refractivity contribution is 5.96. The van der Waals surface area contributed by atoms with Crippen LogP contribution in [0.25, 0.3) is 11.0 Å². The Morgan fingerprint density at radius 3 is 2.78 bits per heavy atom. The molecule has 2 heterocycles. The van der Waals surface area contributed by atoms with Crippen LogP contribution in [0.3, 0.4) is 0 Å². The predicted molar refractivity (Wildman–Crippen MR) is 89.7 cm³/mol. The lowest BCUT2D eigenvalue weighted by molar-refractivity contribution is 0.0774. The lowest BCUT2D eigenvalue weighted by Gasteiger charge is -2.26. The van der Waals surface area contributed by atoms with Crippen LogP contribution >= 0.6 is 0 Å². The Kier molecular flexibility index (Phi) is 4.48. The average Bonchev–Trinajstić information content (AvgIpc) is 3.04. The van der Waals surface area contributed by atoms with Crippen LogP contribution in [-0.4, -0.2) is 47.9 Å². The van der Waals surface area contributed by atoms with Crippen LogP contribution < -0.4 is 5.63 Å². The molecule has 0 radical (unpaired) electrons. The first kappa shape index (κ1) is 15.7. The van der Waals surface area contributed by atoms with Crippen LogP contribution in [-0.2, 0) is 0 Å². The maximum absolute atomic E-state index is 12.7. The number of nitrogens with zero attached hydrogens (tertiary/aromatic N) is 2. The first-order valence-electron chi connectivity index (χ1n) is 8.20. The van der Waals surface area contributed by atoms with Crippen molar-refractivity contribution in [2.75, 3.05) is 26.2 Å². The maximum Gasteiger partial charge on any atom is 0.349 e. The number of carbonyl (C=O) groups excluding carboxylic acids is 1. The SMILES string of the molecule is CCN(CC)C1CCN(C(=O)c2cc3ccccc3oc2=O)C1. The first-order chi connectivity index (χ1) is 11.1. The van der Waals surface area contributed by atoms with Crippen molar-refractivity contribution in [2.45, 2.75) is 26.3 Å². The molecule has 1 aromatic carbocycles. The highest BCUT2D eigenvalue weighted by atomic mass is 16.4. The van der Waals surface area contributed by atoms with Crippen molar-refractivity contribution in [1.82, 2.24) is 9.80 Å². The van der Waals surface area contributed by atoms with Gasteiger partial charge in [-0.1, -0.05) is 32.0 Å². The van der Waals surface area contributed by atoms with Gasteiger partial charge in [-0.25, -0.2) is 4.79 Å². The van der Waals surface area contributed by atoms with E-state index in [-0.39, 0.29) is 11.5 Å². The summed E-state index contributed by atoms with van der Waals surface area (Å²) < 4.78 is 5.28. The van der Waals surface area contributed by atoms with Gasteiger partial charge >= 0.3 is 5.63 Å². The Bertz CT molecular complexity index is 764. The molecule has 2 aromatic rings. The van der Waals surface area contributed by atoms with Crippen molar-refractivity contribution in [1.29, 1.82) is 0 Å². The Morgan fingerprint density at radius 1 is 1.30 bits per heavy atom. The quantitative estimate of drug-likeness (QED) is 0.813. The normalized spacial score (nSPS) is 18.0. The minimum atomic E-state index is -0.556. The van der Waals surface area contributed by atoms with Gasteiger partial charge in [0.2, 0.25) is 0 Å². The Hall–Kier alpha value is -2.14. The zero-order chi connectivity index (χ0) is 16.4. The summed E-state index contributed by atoms with van der Waals surface area (Å²) in [7, 11) is 0. The number of hydrogen-bond donors (Lipinski definition) is 0. The highest BCUT2D eigenvalue weighted by Crippen LogP contribution is 2.19. The van der Waals surface area contributed by atoms with Crippen molar-refractivity contribution in [2.24, 2.45) is 0 Å². The van der Waals surface area contributed by atoms with Gasteiger partial charge in [-0.2, -0.15) is 0 Å². The van der Waals surface area contributed by atoms with Gasteiger partial charge in [0.1, 0.15) is 11.1 Å². The number of likely N-dealkylation sites (N-methyl/N-ethyl adjacent to an activating group) is 1. The van der Waals surface area contributed by atoms with E-state index in [0.29, 0.717) is 24.7 Å². The second-order valence-corrected chi connectivity index (χ2v) is 5.90. The van der Waals surface area contributed by atoms with E-state index in [0.717, 1.165) is 24.9 Å². The molecule has 1 aliphatic rings. The maximum atomic E-state index is 12.7. The number of fused-ring (bicyclic) bond motifs is 1. The van der Waals surface area contributed by atoms with E-state index in [1.54, 1.807) is 17.0 Å². The summed E-state index contributed by atoms with van der Waals surface area (Å²) in [5.74, 6) is -0.223. The van der Waals surface area contributed by atoms with Crippen LogP contribution in [0.15, 0.2) is 39.5 Å². The van der Waals surface area contributed by atoms with Crippen molar-refractivity contribution in [3.63, 3.8) is 0 Å². The van der Waals surface area contributed by atoms with Gasteiger partial charge in [-0.15, -0.1) is 0 Å². The number of rotatable bonds is 4. The molecule has 0 spiro atoms. The van der Waals surface area contributed by atoms with Gasteiger partial charge in [0.25, 0.3) is 5.91 Å².